The molecule has 3 aromatic rings. The largest absolute Gasteiger partial charge is 0.411 e. The van der Waals surface area contributed by atoms with Crippen molar-refractivity contribution in [2.75, 3.05) is 12.8 Å². The first-order valence-electron chi connectivity index (χ1n) is 9.18. The van der Waals surface area contributed by atoms with Crippen LogP contribution in [0.4, 0.5) is 0 Å². The Kier molecular flexibility index (Phi) is 5.69. The van der Waals surface area contributed by atoms with Crippen LogP contribution in [0.3, 0.4) is 0 Å². The number of fused-ring (bicyclic) bond motifs is 1. The van der Waals surface area contributed by atoms with E-state index in [9.17, 15) is 4.79 Å². The summed E-state index contributed by atoms with van der Waals surface area (Å²) in [6, 6.07) is 15.8. The zero-order chi connectivity index (χ0) is 19.5. The van der Waals surface area contributed by atoms with Crippen LogP contribution in [0.2, 0.25) is 5.02 Å². The summed E-state index contributed by atoms with van der Waals surface area (Å²) in [5.74, 6) is 0.651. The molecule has 0 spiro atoms. The van der Waals surface area contributed by atoms with Crippen molar-refractivity contribution >= 4 is 29.3 Å². The summed E-state index contributed by atoms with van der Waals surface area (Å²) < 4.78 is 5.67. The first kappa shape index (κ1) is 19.0. The highest BCUT2D eigenvalue weighted by atomic mass is 35.5. The Balaban J connectivity index is 1.41. The van der Waals surface area contributed by atoms with Crippen molar-refractivity contribution in [3.05, 3.63) is 64.7 Å². The molecule has 7 heteroatoms. The molecule has 144 valence electrons. The second-order valence-electron chi connectivity index (χ2n) is 6.75. The number of hydrogen-bond donors (Lipinski definition) is 0. The molecule has 1 aromatic heterocycles. The van der Waals surface area contributed by atoms with E-state index in [1.807, 2.05) is 36.2 Å². The maximum absolute atomic E-state index is 12.8. The lowest BCUT2D eigenvalue weighted by molar-refractivity contribution is -0.129. The fourth-order valence-corrected chi connectivity index (χ4v) is 4.44. The van der Waals surface area contributed by atoms with Gasteiger partial charge in [-0.05, 0) is 42.5 Å². The number of aryl methyl sites for hydroxylation is 1. The minimum Gasteiger partial charge on any atom is -0.411 e. The van der Waals surface area contributed by atoms with E-state index < -0.39 is 0 Å². The smallest absolute Gasteiger partial charge is 0.277 e. The van der Waals surface area contributed by atoms with Gasteiger partial charge in [0.15, 0.2) is 0 Å². The molecule has 1 amide bonds. The average molecular weight is 414 g/mol. The molecule has 0 aliphatic heterocycles. The number of benzene rings is 2. The molecule has 4 rings (SSSR count). The molecule has 1 atom stereocenters. The predicted octanol–water partition coefficient (Wildman–Crippen LogP) is 5.02. The summed E-state index contributed by atoms with van der Waals surface area (Å²) in [7, 11) is 1.87. The highest BCUT2D eigenvalue weighted by Crippen LogP contribution is 2.34. The monoisotopic (exact) mass is 413 g/mol. The number of aromatic nitrogens is 2. The molecule has 5 nitrogen and oxygen atoms in total. The summed E-state index contributed by atoms with van der Waals surface area (Å²) in [5.41, 5.74) is 3.28. The number of carbonyl (C=O) groups is 1. The molecule has 2 aromatic carbocycles. The topological polar surface area (TPSA) is 59.2 Å². The van der Waals surface area contributed by atoms with Crippen LogP contribution < -0.4 is 0 Å². The molecule has 28 heavy (non-hydrogen) atoms. The van der Waals surface area contributed by atoms with Crippen LogP contribution in [-0.4, -0.2) is 33.8 Å². The molecular weight excluding hydrogens is 394 g/mol. The number of hydrogen-bond acceptors (Lipinski definition) is 5. The van der Waals surface area contributed by atoms with E-state index in [0.717, 1.165) is 19.3 Å². The highest BCUT2D eigenvalue weighted by Gasteiger charge is 2.26. The zero-order valence-corrected chi connectivity index (χ0v) is 17.0. The molecule has 0 bridgehead atoms. The minimum absolute atomic E-state index is 0.0456. The third-order valence-electron chi connectivity index (χ3n) is 5.03. The van der Waals surface area contributed by atoms with Crippen molar-refractivity contribution in [1.82, 2.24) is 15.1 Å². The molecule has 0 saturated carbocycles. The van der Waals surface area contributed by atoms with Gasteiger partial charge in [0.25, 0.3) is 5.22 Å². The number of carbonyl (C=O) groups excluding carboxylic acids is 1. The Labute approximate surface area is 173 Å². The van der Waals surface area contributed by atoms with Crippen molar-refractivity contribution in [3.8, 4) is 11.5 Å². The second kappa shape index (κ2) is 8.37. The van der Waals surface area contributed by atoms with E-state index in [-0.39, 0.29) is 17.7 Å². The summed E-state index contributed by atoms with van der Waals surface area (Å²) in [5, 5.41) is 8.99. The second-order valence-corrected chi connectivity index (χ2v) is 8.09. The molecule has 1 aliphatic carbocycles. The van der Waals surface area contributed by atoms with Gasteiger partial charge in [0.1, 0.15) is 0 Å². The van der Waals surface area contributed by atoms with Crippen molar-refractivity contribution < 1.29 is 9.21 Å². The van der Waals surface area contributed by atoms with E-state index in [1.54, 1.807) is 6.07 Å². The van der Waals surface area contributed by atoms with Crippen LogP contribution in [0.15, 0.2) is 58.2 Å². The van der Waals surface area contributed by atoms with E-state index in [2.05, 4.69) is 28.4 Å². The van der Waals surface area contributed by atoms with Gasteiger partial charge in [0.2, 0.25) is 11.8 Å². The van der Waals surface area contributed by atoms with Gasteiger partial charge >= 0.3 is 0 Å². The Morgan fingerprint density at radius 1 is 1.21 bits per heavy atom. The predicted molar refractivity (Wildman–Crippen MR) is 110 cm³/mol. The first-order valence-corrected chi connectivity index (χ1v) is 10.5. The van der Waals surface area contributed by atoms with Gasteiger partial charge in [0.05, 0.1) is 22.4 Å². The SMILES string of the molecule is CN(C(=O)CSc1nnc(-c2ccccc2Cl)o1)C1CCCc2ccccc21. The highest BCUT2D eigenvalue weighted by molar-refractivity contribution is 7.99. The molecule has 0 saturated heterocycles. The van der Waals surface area contributed by atoms with Crippen LogP contribution in [0.25, 0.3) is 11.5 Å². The van der Waals surface area contributed by atoms with Crippen LogP contribution in [0.5, 0.6) is 0 Å². The quantitative estimate of drug-likeness (QED) is 0.550. The van der Waals surface area contributed by atoms with Gasteiger partial charge < -0.3 is 9.32 Å². The maximum Gasteiger partial charge on any atom is 0.277 e. The third kappa shape index (κ3) is 3.93. The van der Waals surface area contributed by atoms with E-state index >= 15 is 0 Å². The van der Waals surface area contributed by atoms with Gasteiger partial charge in [-0.15, -0.1) is 10.2 Å². The summed E-state index contributed by atoms with van der Waals surface area (Å²) in [4.78, 5) is 14.6. The Hall–Kier alpha value is -2.31. The fourth-order valence-electron chi connectivity index (χ4n) is 3.54. The van der Waals surface area contributed by atoms with Crippen LogP contribution in [0, 0.1) is 0 Å². The number of halogens is 1. The van der Waals surface area contributed by atoms with Crippen molar-refractivity contribution in [2.45, 2.75) is 30.5 Å². The molecule has 0 radical (unpaired) electrons. The Morgan fingerprint density at radius 3 is 2.86 bits per heavy atom. The molecule has 1 unspecified atom stereocenters. The molecule has 1 aliphatic rings. The summed E-state index contributed by atoms with van der Waals surface area (Å²) in [6.45, 7) is 0. The third-order valence-corrected chi connectivity index (χ3v) is 6.16. The molecular formula is C21H20ClN3O2S. The zero-order valence-electron chi connectivity index (χ0n) is 15.5. The van der Waals surface area contributed by atoms with Gasteiger partial charge in [-0.2, -0.15) is 0 Å². The lowest BCUT2D eigenvalue weighted by Crippen LogP contribution is -2.34. The Bertz CT molecular complexity index is 991. The normalized spacial score (nSPS) is 15.9. The van der Waals surface area contributed by atoms with Gasteiger partial charge in [-0.1, -0.05) is 59.8 Å². The van der Waals surface area contributed by atoms with Gasteiger partial charge in [0, 0.05) is 7.05 Å². The number of nitrogens with zero attached hydrogens (tertiary/aromatic N) is 3. The molecule has 1 heterocycles. The van der Waals surface area contributed by atoms with E-state index in [1.165, 1.54) is 22.9 Å². The van der Waals surface area contributed by atoms with E-state index in [0.29, 0.717) is 21.7 Å². The van der Waals surface area contributed by atoms with Crippen LogP contribution >= 0.6 is 23.4 Å². The molecule has 0 N–H and O–H groups in total. The summed E-state index contributed by atoms with van der Waals surface area (Å²) in [6.07, 6.45) is 3.16. The first-order chi connectivity index (χ1) is 13.6. The summed E-state index contributed by atoms with van der Waals surface area (Å²) >= 11 is 7.42. The Morgan fingerprint density at radius 2 is 2.00 bits per heavy atom. The van der Waals surface area contributed by atoms with Crippen molar-refractivity contribution in [3.63, 3.8) is 0 Å². The number of thioether (sulfide) groups is 1. The number of rotatable bonds is 5. The van der Waals surface area contributed by atoms with Crippen LogP contribution in [-0.2, 0) is 11.2 Å². The maximum atomic E-state index is 12.8. The molecule has 0 fully saturated rings. The lowest BCUT2D eigenvalue weighted by atomic mass is 9.87. The number of amides is 1. The fraction of sp³-hybridized carbons (Fsp3) is 0.286. The standard InChI is InChI=1S/C21H20ClN3O2S/c1-25(18-12-6-8-14-7-2-3-9-15(14)18)19(26)13-28-21-24-23-20(27-21)16-10-4-5-11-17(16)22/h2-5,7,9-11,18H,6,8,12-13H2,1H3. The lowest BCUT2D eigenvalue weighted by Gasteiger charge is -2.33. The minimum atomic E-state index is 0.0456. The van der Waals surface area contributed by atoms with Crippen LogP contribution in [0.1, 0.15) is 30.0 Å². The average Bonchev–Trinajstić information content (AvgIpc) is 3.20. The van der Waals surface area contributed by atoms with Gasteiger partial charge in [-0.25, -0.2) is 0 Å². The van der Waals surface area contributed by atoms with Crippen molar-refractivity contribution in [2.24, 2.45) is 0 Å². The van der Waals surface area contributed by atoms with Crippen molar-refractivity contribution in [1.29, 1.82) is 0 Å². The van der Waals surface area contributed by atoms with E-state index in [4.69, 9.17) is 16.0 Å². The van der Waals surface area contributed by atoms with Gasteiger partial charge in [-0.3, -0.25) is 4.79 Å².